The molecule has 174 valence electrons. The summed E-state index contributed by atoms with van der Waals surface area (Å²) in [4.78, 5) is 8.72. The average Bonchev–Trinajstić information content (AvgIpc) is 3.51. The molecule has 1 saturated carbocycles. The van der Waals surface area contributed by atoms with E-state index in [-0.39, 0.29) is 12.4 Å². The lowest BCUT2D eigenvalue weighted by Gasteiger charge is -2.19. The van der Waals surface area contributed by atoms with Gasteiger partial charge in [-0.15, -0.1) is 0 Å². The Morgan fingerprint density at radius 1 is 1.12 bits per heavy atom. The molecule has 0 aliphatic heterocycles. The zero-order chi connectivity index (χ0) is 23.6. The molecule has 0 unspecified atom stereocenters. The van der Waals surface area contributed by atoms with Crippen molar-refractivity contribution in [1.29, 1.82) is 0 Å². The van der Waals surface area contributed by atoms with E-state index in [1.807, 2.05) is 37.3 Å². The second kappa shape index (κ2) is 9.10. The van der Waals surface area contributed by atoms with E-state index < -0.39 is 5.60 Å². The molecule has 0 atom stereocenters. The number of hydrogen-bond acceptors (Lipinski definition) is 5. The van der Waals surface area contributed by atoms with Crippen molar-refractivity contribution in [3.05, 3.63) is 60.2 Å². The van der Waals surface area contributed by atoms with Gasteiger partial charge in [0.15, 0.2) is 0 Å². The summed E-state index contributed by atoms with van der Waals surface area (Å²) in [5.41, 5.74) is 4.15. The first-order chi connectivity index (χ1) is 15.6. The van der Waals surface area contributed by atoms with E-state index in [1.54, 1.807) is 32.3 Å². The molecule has 2 N–H and O–H groups in total. The summed E-state index contributed by atoms with van der Waals surface area (Å²) in [6, 6.07) is 11.0. The number of nitrogens with zero attached hydrogens (tertiary/aromatic N) is 2. The highest BCUT2D eigenvalue weighted by Gasteiger charge is 2.36. The molecule has 0 spiro atoms. The number of benzene rings is 1. The first kappa shape index (κ1) is 23.2. The Morgan fingerprint density at radius 3 is 2.52 bits per heavy atom. The molecule has 1 aromatic carbocycles. The quantitative estimate of drug-likeness (QED) is 0.419. The van der Waals surface area contributed by atoms with Crippen molar-refractivity contribution >= 4 is 5.69 Å². The number of ether oxygens (including phenoxy) is 1. The Bertz CT molecular complexity index is 1120. The standard InChI is InChI=1S/C27H32FN3O2/c1-18-13-22(28)24(30-12-9-27(4)7-8-27)16-21(18)20-14-23(19-5-10-29-11-6-19)31-25(15-20)33-17-26(2,3)32/h5-6,10-11,13-16,30,32H,7-9,12,17H2,1-4H3. The van der Waals surface area contributed by atoms with Crippen molar-refractivity contribution in [3.63, 3.8) is 0 Å². The Balaban J connectivity index is 1.69. The van der Waals surface area contributed by atoms with E-state index in [0.29, 0.717) is 17.0 Å². The predicted octanol–water partition coefficient (Wildman–Crippen LogP) is 6.01. The van der Waals surface area contributed by atoms with Gasteiger partial charge in [0.05, 0.1) is 17.0 Å². The monoisotopic (exact) mass is 449 g/mol. The summed E-state index contributed by atoms with van der Waals surface area (Å²) in [5, 5.41) is 13.4. The number of nitrogens with one attached hydrogen (secondary N) is 1. The molecule has 33 heavy (non-hydrogen) atoms. The summed E-state index contributed by atoms with van der Waals surface area (Å²) in [6.07, 6.45) is 6.96. The minimum absolute atomic E-state index is 0.104. The van der Waals surface area contributed by atoms with Crippen molar-refractivity contribution in [1.82, 2.24) is 9.97 Å². The molecule has 5 nitrogen and oxygen atoms in total. The zero-order valence-electron chi connectivity index (χ0n) is 19.8. The van der Waals surface area contributed by atoms with Gasteiger partial charge in [0.25, 0.3) is 0 Å². The molecule has 0 bridgehead atoms. The molecular formula is C27H32FN3O2. The zero-order valence-corrected chi connectivity index (χ0v) is 19.8. The molecule has 1 aliphatic carbocycles. The third kappa shape index (κ3) is 6.08. The van der Waals surface area contributed by atoms with Gasteiger partial charge in [0.2, 0.25) is 5.88 Å². The van der Waals surface area contributed by atoms with Gasteiger partial charge in [-0.05, 0) is 92.5 Å². The predicted molar refractivity (Wildman–Crippen MR) is 130 cm³/mol. The van der Waals surface area contributed by atoms with Gasteiger partial charge in [-0.25, -0.2) is 9.37 Å². The van der Waals surface area contributed by atoms with Crippen LogP contribution in [-0.4, -0.2) is 33.8 Å². The van der Waals surface area contributed by atoms with E-state index in [2.05, 4.69) is 22.2 Å². The van der Waals surface area contributed by atoms with Crippen molar-refractivity contribution in [2.45, 2.75) is 52.6 Å². The van der Waals surface area contributed by atoms with Gasteiger partial charge in [0, 0.05) is 30.6 Å². The van der Waals surface area contributed by atoms with Crippen LogP contribution < -0.4 is 10.1 Å². The van der Waals surface area contributed by atoms with E-state index >= 15 is 0 Å². The van der Waals surface area contributed by atoms with Gasteiger partial charge in [-0.2, -0.15) is 0 Å². The second-order valence-electron chi connectivity index (χ2n) is 10.1. The highest BCUT2D eigenvalue weighted by atomic mass is 19.1. The maximum Gasteiger partial charge on any atom is 0.214 e. The molecule has 2 heterocycles. The lowest BCUT2D eigenvalue weighted by atomic mass is 9.98. The SMILES string of the molecule is Cc1cc(F)c(NCCC2(C)CC2)cc1-c1cc(OCC(C)(C)O)nc(-c2ccncc2)c1. The van der Waals surface area contributed by atoms with E-state index in [0.717, 1.165) is 40.9 Å². The third-order valence-corrected chi connectivity index (χ3v) is 6.12. The van der Waals surface area contributed by atoms with Crippen molar-refractivity contribution < 1.29 is 14.2 Å². The smallest absolute Gasteiger partial charge is 0.214 e. The van der Waals surface area contributed by atoms with Crippen LogP contribution in [0.15, 0.2) is 48.8 Å². The summed E-state index contributed by atoms with van der Waals surface area (Å²) in [6.45, 7) is 8.40. The number of pyridine rings is 2. The summed E-state index contributed by atoms with van der Waals surface area (Å²) in [5.74, 6) is 0.153. The van der Waals surface area contributed by atoms with Crippen LogP contribution in [0, 0.1) is 18.2 Å². The molecule has 0 amide bonds. The van der Waals surface area contributed by atoms with Crippen molar-refractivity contribution in [2.24, 2.45) is 5.41 Å². The van der Waals surface area contributed by atoms with E-state index in [9.17, 15) is 9.50 Å². The van der Waals surface area contributed by atoms with Crippen molar-refractivity contribution in [3.8, 4) is 28.3 Å². The van der Waals surface area contributed by atoms with Gasteiger partial charge in [-0.3, -0.25) is 4.98 Å². The summed E-state index contributed by atoms with van der Waals surface area (Å²) < 4.78 is 20.6. The number of rotatable bonds is 9. The van der Waals surface area contributed by atoms with E-state index in [4.69, 9.17) is 4.74 Å². The lowest BCUT2D eigenvalue weighted by Crippen LogP contribution is -2.28. The number of anilines is 1. The van der Waals surface area contributed by atoms with Gasteiger partial charge in [0.1, 0.15) is 12.4 Å². The second-order valence-corrected chi connectivity index (χ2v) is 10.1. The molecular weight excluding hydrogens is 417 g/mol. The molecule has 3 aromatic rings. The molecule has 2 aromatic heterocycles. The first-order valence-electron chi connectivity index (χ1n) is 11.4. The first-order valence-corrected chi connectivity index (χ1v) is 11.4. The van der Waals surface area contributed by atoms with Crippen LogP contribution in [0.4, 0.5) is 10.1 Å². The van der Waals surface area contributed by atoms with Gasteiger partial charge >= 0.3 is 0 Å². The number of aliphatic hydroxyl groups is 1. The van der Waals surface area contributed by atoms with Crippen LogP contribution in [0.25, 0.3) is 22.4 Å². The fraction of sp³-hybridized carbons (Fsp3) is 0.407. The maximum atomic E-state index is 14.7. The minimum Gasteiger partial charge on any atom is -0.475 e. The normalized spacial score (nSPS) is 14.7. The van der Waals surface area contributed by atoms with Gasteiger partial charge < -0.3 is 15.2 Å². The third-order valence-electron chi connectivity index (χ3n) is 6.12. The number of aromatic nitrogens is 2. The molecule has 0 radical (unpaired) electrons. The van der Waals surface area contributed by atoms with Crippen LogP contribution >= 0.6 is 0 Å². The largest absolute Gasteiger partial charge is 0.475 e. The minimum atomic E-state index is -0.990. The Kier molecular flexibility index (Phi) is 6.39. The fourth-order valence-corrected chi connectivity index (χ4v) is 3.74. The Labute approximate surface area is 195 Å². The Morgan fingerprint density at radius 2 is 1.85 bits per heavy atom. The van der Waals surface area contributed by atoms with Gasteiger partial charge in [-0.1, -0.05) is 6.92 Å². The topological polar surface area (TPSA) is 67.3 Å². The van der Waals surface area contributed by atoms with Crippen LogP contribution in [0.5, 0.6) is 5.88 Å². The van der Waals surface area contributed by atoms with Crippen LogP contribution in [0.2, 0.25) is 0 Å². The number of aryl methyl sites for hydroxylation is 1. The molecule has 4 rings (SSSR count). The Hall–Kier alpha value is -2.99. The van der Waals surface area contributed by atoms with Crippen LogP contribution in [0.3, 0.4) is 0 Å². The highest BCUT2D eigenvalue weighted by Crippen LogP contribution is 2.48. The van der Waals surface area contributed by atoms with Crippen LogP contribution in [0.1, 0.15) is 45.6 Å². The molecule has 6 heteroatoms. The highest BCUT2D eigenvalue weighted by molar-refractivity contribution is 5.76. The number of halogens is 1. The van der Waals surface area contributed by atoms with Crippen LogP contribution in [-0.2, 0) is 0 Å². The fourth-order valence-electron chi connectivity index (χ4n) is 3.74. The summed E-state index contributed by atoms with van der Waals surface area (Å²) in [7, 11) is 0. The summed E-state index contributed by atoms with van der Waals surface area (Å²) >= 11 is 0. The molecule has 1 fully saturated rings. The number of hydrogen-bond donors (Lipinski definition) is 2. The molecule has 1 aliphatic rings. The average molecular weight is 450 g/mol. The maximum absolute atomic E-state index is 14.7. The lowest BCUT2D eigenvalue weighted by molar-refractivity contribution is 0.0269. The van der Waals surface area contributed by atoms with E-state index in [1.165, 1.54) is 12.8 Å². The molecule has 0 saturated heterocycles. The van der Waals surface area contributed by atoms with Crippen molar-refractivity contribution in [2.75, 3.05) is 18.5 Å².